The van der Waals surface area contributed by atoms with Gasteiger partial charge in [-0.3, -0.25) is 4.79 Å². The lowest BCUT2D eigenvalue weighted by atomic mass is 10.2. The third-order valence-corrected chi connectivity index (χ3v) is 3.71. The van der Waals surface area contributed by atoms with E-state index in [4.69, 9.17) is 21.1 Å². The molecule has 126 valence electrons. The minimum Gasteiger partial charge on any atom is -0.493 e. The predicted molar refractivity (Wildman–Crippen MR) is 87.6 cm³/mol. The highest BCUT2D eigenvalue weighted by Crippen LogP contribution is 2.33. The molecule has 0 aromatic heterocycles. The van der Waals surface area contributed by atoms with Gasteiger partial charge in [-0.1, -0.05) is 0 Å². The van der Waals surface area contributed by atoms with Crippen LogP contribution in [-0.2, 0) is 4.79 Å². The van der Waals surface area contributed by atoms with Gasteiger partial charge in [0, 0.05) is 37.1 Å². The number of methoxy groups -OCH3 is 2. The Kier molecular flexibility index (Phi) is 5.92. The maximum atomic E-state index is 12.2. The van der Waals surface area contributed by atoms with E-state index in [1.54, 1.807) is 37.3 Å². The highest BCUT2D eigenvalue weighted by molar-refractivity contribution is 6.18. The average molecular weight is 342 g/mol. The molecular formula is C15H20ClN3O4. The number of carbonyl (C=O) groups is 2. The number of amides is 3. The number of hydrogen-bond acceptors (Lipinski definition) is 4. The van der Waals surface area contributed by atoms with E-state index in [2.05, 4.69) is 10.6 Å². The van der Waals surface area contributed by atoms with Gasteiger partial charge >= 0.3 is 6.03 Å². The zero-order chi connectivity index (χ0) is 16.8. The van der Waals surface area contributed by atoms with Gasteiger partial charge in [-0.25, -0.2) is 4.79 Å². The van der Waals surface area contributed by atoms with E-state index in [1.807, 2.05) is 0 Å². The highest BCUT2D eigenvalue weighted by Gasteiger charge is 2.32. The first kappa shape index (κ1) is 17.2. The van der Waals surface area contributed by atoms with E-state index in [1.165, 1.54) is 0 Å². The van der Waals surface area contributed by atoms with E-state index < -0.39 is 0 Å². The van der Waals surface area contributed by atoms with Gasteiger partial charge in [0.15, 0.2) is 11.5 Å². The SMILES string of the molecule is COc1ccc(N2C[C@H](NC(=O)NCCCl)CC2=O)cc1OC. The summed E-state index contributed by atoms with van der Waals surface area (Å²) in [5, 5.41) is 5.38. The maximum Gasteiger partial charge on any atom is 0.315 e. The van der Waals surface area contributed by atoms with Crippen LogP contribution in [0.25, 0.3) is 0 Å². The van der Waals surface area contributed by atoms with Gasteiger partial charge in [0.05, 0.1) is 20.3 Å². The molecule has 1 aliphatic rings. The van der Waals surface area contributed by atoms with Gasteiger partial charge in [-0.15, -0.1) is 11.6 Å². The Balaban J connectivity index is 2.04. The summed E-state index contributed by atoms with van der Waals surface area (Å²) in [5.41, 5.74) is 0.707. The van der Waals surface area contributed by atoms with E-state index in [9.17, 15) is 9.59 Å². The second-order valence-corrected chi connectivity index (χ2v) is 5.41. The summed E-state index contributed by atoms with van der Waals surface area (Å²) in [7, 11) is 3.09. The Morgan fingerprint density at radius 2 is 2.09 bits per heavy atom. The summed E-state index contributed by atoms with van der Waals surface area (Å²) in [5.74, 6) is 1.43. The number of nitrogens with zero attached hydrogens (tertiary/aromatic N) is 1. The van der Waals surface area contributed by atoms with E-state index in [0.29, 0.717) is 36.2 Å². The van der Waals surface area contributed by atoms with Crippen molar-refractivity contribution in [3.8, 4) is 11.5 Å². The lowest BCUT2D eigenvalue weighted by molar-refractivity contribution is -0.117. The van der Waals surface area contributed by atoms with Crippen molar-refractivity contribution in [3.05, 3.63) is 18.2 Å². The van der Waals surface area contributed by atoms with Crippen LogP contribution in [0.2, 0.25) is 0 Å². The van der Waals surface area contributed by atoms with Gasteiger partial charge in [0.25, 0.3) is 0 Å². The molecular weight excluding hydrogens is 322 g/mol. The summed E-state index contributed by atoms with van der Waals surface area (Å²) < 4.78 is 10.4. The molecule has 1 aromatic rings. The van der Waals surface area contributed by atoms with Crippen molar-refractivity contribution in [2.24, 2.45) is 0 Å². The number of carbonyl (C=O) groups excluding carboxylic acids is 2. The molecule has 1 fully saturated rings. The normalized spacial score (nSPS) is 17.1. The molecule has 0 bridgehead atoms. The Bertz CT molecular complexity index is 582. The fraction of sp³-hybridized carbons (Fsp3) is 0.467. The maximum absolute atomic E-state index is 12.2. The molecule has 23 heavy (non-hydrogen) atoms. The van der Waals surface area contributed by atoms with E-state index in [0.717, 1.165) is 0 Å². The molecule has 2 rings (SSSR count). The average Bonchev–Trinajstić information content (AvgIpc) is 2.92. The molecule has 0 radical (unpaired) electrons. The molecule has 1 aliphatic heterocycles. The zero-order valence-corrected chi connectivity index (χ0v) is 13.9. The first-order valence-corrected chi connectivity index (χ1v) is 7.75. The Morgan fingerprint density at radius 1 is 1.35 bits per heavy atom. The molecule has 0 aliphatic carbocycles. The van der Waals surface area contributed by atoms with Crippen LogP contribution in [-0.4, -0.2) is 51.2 Å². The molecule has 1 aromatic carbocycles. The van der Waals surface area contributed by atoms with Crippen molar-refractivity contribution in [1.82, 2.24) is 10.6 Å². The summed E-state index contributed by atoms with van der Waals surface area (Å²) in [6, 6.07) is 4.71. The van der Waals surface area contributed by atoms with Crippen molar-refractivity contribution in [3.63, 3.8) is 0 Å². The van der Waals surface area contributed by atoms with Crippen molar-refractivity contribution >= 4 is 29.2 Å². The van der Waals surface area contributed by atoms with Crippen LogP contribution in [0.3, 0.4) is 0 Å². The van der Waals surface area contributed by atoms with E-state index in [-0.39, 0.29) is 24.4 Å². The minimum absolute atomic E-state index is 0.0557. The van der Waals surface area contributed by atoms with Crippen LogP contribution in [0.15, 0.2) is 18.2 Å². The summed E-state index contributed by atoms with van der Waals surface area (Å²) in [4.78, 5) is 25.5. The van der Waals surface area contributed by atoms with Crippen LogP contribution in [0, 0.1) is 0 Å². The number of hydrogen-bond donors (Lipinski definition) is 2. The van der Waals surface area contributed by atoms with Crippen LogP contribution >= 0.6 is 11.6 Å². The standard InChI is InChI=1S/C15H20ClN3O4/c1-22-12-4-3-11(8-13(12)23-2)19-9-10(7-14(19)20)18-15(21)17-6-5-16/h3-4,8,10H,5-7,9H2,1-2H3,(H2,17,18,21)/t10-/m1/s1. The number of rotatable bonds is 6. The third-order valence-electron chi connectivity index (χ3n) is 3.52. The molecule has 0 spiro atoms. The van der Waals surface area contributed by atoms with Crippen molar-refractivity contribution < 1.29 is 19.1 Å². The van der Waals surface area contributed by atoms with Gasteiger partial charge in [0.1, 0.15) is 0 Å². The zero-order valence-electron chi connectivity index (χ0n) is 13.1. The first-order chi connectivity index (χ1) is 11.1. The highest BCUT2D eigenvalue weighted by atomic mass is 35.5. The molecule has 2 N–H and O–H groups in total. The Labute approximate surface area is 139 Å². The van der Waals surface area contributed by atoms with Crippen molar-refractivity contribution in [1.29, 1.82) is 0 Å². The second kappa shape index (κ2) is 7.92. The van der Waals surface area contributed by atoms with Crippen LogP contribution in [0.1, 0.15) is 6.42 Å². The van der Waals surface area contributed by atoms with Gasteiger partial charge in [-0.05, 0) is 12.1 Å². The van der Waals surface area contributed by atoms with Crippen molar-refractivity contribution in [2.45, 2.75) is 12.5 Å². The molecule has 0 saturated carbocycles. The number of ether oxygens (including phenoxy) is 2. The van der Waals surface area contributed by atoms with Crippen LogP contribution in [0.5, 0.6) is 11.5 Å². The molecule has 1 atom stereocenters. The van der Waals surface area contributed by atoms with Crippen LogP contribution in [0.4, 0.5) is 10.5 Å². The third kappa shape index (κ3) is 4.19. The number of halogens is 1. The Hall–Kier alpha value is -2.15. The van der Waals surface area contributed by atoms with Gasteiger partial charge in [-0.2, -0.15) is 0 Å². The lowest BCUT2D eigenvalue weighted by Crippen LogP contribution is -2.43. The largest absolute Gasteiger partial charge is 0.493 e. The quantitative estimate of drug-likeness (QED) is 0.765. The molecule has 0 unspecified atom stereocenters. The fourth-order valence-electron chi connectivity index (χ4n) is 2.44. The number of alkyl halides is 1. The molecule has 1 heterocycles. The predicted octanol–water partition coefficient (Wildman–Crippen LogP) is 1.35. The summed E-state index contributed by atoms with van der Waals surface area (Å²) >= 11 is 5.51. The number of nitrogens with one attached hydrogen (secondary N) is 2. The van der Waals surface area contributed by atoms with Gasteiger partial charge in [0.2, 0.25) is 5.91 Å². The molecule has 7 nitrogen and oxygen atoms in total. The molecule has 8 heteroatoms. The Morgan fingerprint density at radius 3 is 2.74 bits per heavy atom. The van der Waals surface area contributed by atoms with Crippen LogP contribution < -0.4 is 25.0 Å². The molecule has 1 saturated heterocycles. The fourth-order valence-corrected chi connectivity index (χ4v) is 2.54. The van der Waals surface area contributed by atoms with Gasteiger partial charge < -0.3 is 25.0 Å². The molecule has 3 amide bonds. The van der Waals surface area contributed by atoms with E-state index >= 15 is 0 Å². The topological polar surface area (TPSA) is 79.9 Å². The minimum atomic E-state index is -0.322. The summed E-state index contributed by atoms with van der Waals surface area (Å²) in [6.45, 7) is 0.788. The number of anilines is 1. The number of benzene rings is 1. The smallest absolute Gasteiger partial charge is 0.315 e. The second-order valence-electron chi connectivity index (χ2n) is 5.03. The monoisotopic (exact) mass is 341 g/mol. The summed E-state index contributed by atoms with van der Waals surface area (Å²) in [6.07, 6.45) is 0.253. The lowest BCUT2D eigenvalue weighted by Gasteiger charge is -2.19. The first-order valence-electron chi connectivity index (χ1n) is 7.21. The van der Waals surface area contributed by atoms with Crippen molar-refractivity contribution in [2.75, 3.05) is 38.1 Å². The number of urea groups is 1.